The summed E-state index contributed by atoms with van der Waals surface area (Å²) in [6.45, 7) is 7.74. The molecule has 1 aliphatic carbocycles. The number of urea groups is 1. The number of hydrogen-bond donors (Lipinski definition) is 1. The molecule has 1 saturated carbocycles. The summed E-state index contributed by atoms with van der Waals surface area (Å²) in [5.74, 6) is 1.41. The summed E-state index contributed by atoms with van der Waals surface area (Å²) < 4.78 is 2.21. The molecule has 2 heterocycles. The number of hydrogen-bond acceptors (Lipinski definition) is 3. The fourth-order valence-corrected chi connectivity index (χ4v) is 3.77. The zero-order chi connectivity index (χ0) is 17.1. The first-order valence-electron chi connectivity index (χ1n) is 9.28. The van der Waals surface area contributed by atoms with Gasteiger partial charge in [0.25, 0.3) is 0 Å². The summed E-state index contributed by atoms with van der Waals surface area (Å²) in [5, 5.41) is 3.23. The minimum atomic E-state index is 0.0792. The highest BCUT2D eigenvalue weighted by atomic mass is 16.2. The van der Waals surface area contributed by atoms with Crippen LogP contribution in [0.25, 0.3) is 0 Å². The lowest BCUT2D eigenvalue weighted by Crippen LogP contribution is -2.46. The van der Waals surface area contributed by atoms with Crippen molar-refractivity contribution < 1.29 is 4.79 Å². The number of fused-ring (bicyclic) bond motifs is 1. The number of nitrogens with one attached hydrogen (secondary N) is 1. The molecule has 1 aliphatic heterocycles. The standard InChI is InChI=1S/C18H31N5O/c1-14(2)21(3)10-15-11-22-9-8-19-17(22)13-23(12-15)18(24)20-16-6-4-5-7-16/h8-9,14-16H,4-7,10-13H2,1-3H3,(H,20,24)/t15-/m1/s1. The van der Waals surface area contributed by atoms with Crippen LogP contribution in [0.3, 0.4) is 0 Å². The predicted molar refractivity (Wildman–Crippen MR) is 94.7 cm³/mol. The maximum atomic E-state index is 12.8. The quantitative estimate of drug-likeness (QED) is 0.920. The van der Waals surface area contributed by atoms with E-state index in [1.165, 1.54) is 12.8 Å². The zero-order valence-corrected chi connectivity index (χ0v) is 15.2. The third-order valence-corrected chi connectivity index (χ3v) is 5.47. The van der Waals surface area contributed by atoms with Gasteiger partial charge in [0, 0.05) is 50.0 Å². The van der Waals surface area contributed by atoms with E-state index in [2.05, 4.69) is 40.7 Å². The van der Waals surface area contributed by atoms with E-state index in [4.69, 9.17) is 0 Å². The summed E-state index contributed by atoms with van der Waals surface area (Å²) in [7, 11) is 2.16. The Morgan fingerprint density at radius 1 is 1.38 bits per heavy atom. The maximum absolute atomic E-state index is 12.8. The molecule has 0 bridgehead atoms. The number of nitrogens with zero attached hydrogens (tertiary/aromatic N) is 4. The Morgan fingerprint density at radius 2 is 2.12 bits per heavy atom. The van der Waals surface area contributed by atoms with Crippen molar-refractivity contribution in [3.05, 3.63) is 18.2 Å². The molecule has 0 radical (unpaired) electrons. The Balaban J connectivity index is 1.69. The van der Waals surface area contributed by atoms with E-state index < -0.39 is 0 Å². The second-order valence-electron chi connectivity index (χ2n) is 7.71. The maximum Gasteiger partial charge on any atom is 0.318 e. The van der Waals surface area contributed by atoms with E-state index in [0.29, 0.717) is 24.5 Å². The van der Waals surface area contributed by atoms with E-state index in [1.807, 2.05) is 17.3 Å². The Labute approximate surface area is 145 Å². The molecule has 134 valence electrons. The van der Waals surface area contributed by atoms with Crippen LogP contribution < -0.4 is 5.32 Å². The van der Waals surface area contributed by atoms with Crippen molar-refractivity contribution in [1.82, 2.24) is 24.7 Å². The fraction of sp³-hybridized carbons (Fsp3) is 0.778. The summed E-state index contributed by atoms with van der Waals surface area (Å²) in [5.41, 5.74) is 0. The Kier molecular flexibility index (Phi) is 5.43. The van der Waals surface area contributed by atoms with E-state index >= 15 is 0 Å². The van der Waals surface area contributed by atoms with Crippen LogP contribution in [0.5, 0.6) is 0 Å². The van der Waals surface area contributed by atoms with Gasteiger partial charge < -0.3 is 19.7 Å². The van der Waals surface area contributed by atoms with Gasteiger partial charge in [0.2, 0.25) is 0 Å². The third-order valence-electron chi connectivity index (χ3n) is 5.47. The Morgan fingerprint density at radius 3 is 2.83 bits per heavy atom. The van der Waals surface area contributed by atoms with Crippen molar-refractivity contribution in [2.45, 2.75) is 64.7 Å². The van der Waals surface area contributed by atoms with Crippen molar-refractivity contribution in [1.29, 1.82) is 0 Å². The summed E-state index contributed by atoms with van der Waals surface area (Å²) in [6.07, 6.45) is 8.59. The third kappa shape index (κ3) is 4.09. The number of carbonyl (C=O) groups is 1. The lowest BCUT2D eigenvalue weighted by molar-refractivity contribution is 0.163. The molecule has 0 unspecified atom stereocenters. The first kappa shape index (κ1) is 17.3. The summed E-state index contributed by atoms with van der Waals surface area (Å²) in [4.78, 5) is 21.5. The van der Waals surface area contributed by atoms with Crippen LogP contribution in [0.15, 0.2) is 12.4 Å². The zero-order valence-electron chi connectivity index (χ0n) is 15.2. The van der Waals surface area contributed by atoms with Gasteiger partial charge >= 0.3 is 6.03 Å². The minimum absolute atomic E-state index is 0.0792. The minimum Gasteiger partial charge on any atom is -0.335 e. The molecule has 24 heavy (non-hydrogen) atoms. The SMILES string of the molecule is CC(C)N(C)C[C@H]1CN(C(=O)NC2CCCC2)Cc2nccn2C1. The first-order chi connectivity index (χ1) is 11.5. The lowest BCUT2D eigenvalue weighted by Gasteiger charge is -2.30. The van der Waals surface area contributed by atoms with Crippen LogP contribution in [0.2, 0.25) is 0 Å². The molecular formula is C18H31N5O. The Bertz CT molecular complexity index is 549. The topological polar surface area (TPSA) is 53.4 Å². The van der Waals surface area contributed by atoms with Crippen LogP contribution in [-0.4, -0.2) is 57.6 Å². The van der Waals surface area contributed by atoms with Gasteiger partial charge in [-0.25, -0.2) is 9.78 Å². The van der Waals surface area contributed by atoms with Gasteiger partial charge in [0.1, 0.15) is 5.82 Å². The molecule has 1 N–H and O–H groups in total. The smallest absolute Gasteiger partial charge is 0.318 e. The highest BCUT2D eigenvalue weighted by molar-refractivity contribution is 5.74. The molecule has 0 saturated heterocycles. The lowest BCUT2D eigenvalue weighted by atomic mass is 10.1. The molecule has 0 aromatic carbocycles. The predicted octanol–water partition coefficient (Wildman–Crippen LogP) is 2.31. The number of aromatic nitrogens is 2. The van der Waals surface area contributed by atoms with Crippen LogP contribution in [0, 0.1) is 5.92 Å². The molecular weight excluding hydrogens is 302 g/mol. The molecule has 1 fully saturated rings. The van der Waals surface area contributed by atoms with Crippen LogP contribution in [0.4, 0.5) is 4.79 Å². The number of imidazole rings is 1. The molecule has 1 aromatic rings. The normalized spacial score (nSPS) is 22.0. The fourth-order valence-electron chi connectivity index (χ4n) is 3.77. The van der Waals surface area contributed by atoms with Crippen molar-refractivity contribution >= 4 is 6.03 Å². The Hall–Kier alpha value is -1.56. The summed E-state index contributed by atoms with van der Waals surface area (Å²) >= 11 is 0. The van der Waals surface area contributed by atoms with Gasteiger partial charge in [-0.05, 0) is 33.7 Å². The van der Waals surface area contributed by atoms with E-state index in [9.17, 15) is 4.79 Å². The van der Waals surface area contributed by atoms with Crippen molar-refractivity contribution in [2.75, 3.05) is 20.1 Å². The second kappa shape index (κ2) is 7.55. The highest BCUT2D eigenvalue weighted by Gasteiger charge is 2.28. The first-order valence-corrected chi connectivity index (χ1v) is 9.28. The van der Waals surface area contributed by atoms with Crippen LogP contribution >= 0.6 is 0 Å². The molecule has 2 aliphatic rings. The number of carbonyl (C=O) groups excluding carboxylic acids is 1. The van der Waals surface area contributed by atoms with Crippen molar-refractivity contribution in [2.24, 2.45) is 5.92 Å². The molecule has 2 amide bonds. The largest absolute Gasteiger partial charge is 0.335 e. The van der Waals surface area contributed by atoms with Gasteiger partial charge in [-0.3, -0.25) is 0 Å². The van der Waals surface area contributed by atoms with E-state index in [-0.39, 0.29) is 6.03 Å². The molecule has 3 rings (SSSR count). The summed E-state index contributed by atoms with van der Waals surface area (Å²) in [6, 6.07) is 0.948. The van der Waals surface area contributed by atoms with Gasteiger partial charge in [0.05, 0.1) is 6.54 Å². The molecule has 6 heteroatoms. The monoisotopic (exact) mass is 333 g/mol. The van der Waals surface area contributed by atoms with Crippen molar-refractivity contribution in [3.8, 4) is 0 Å². The number of amides is 2. The van der Waals surface area contributed by atoms with E-state index in [1.54, 1.807) is 0 Å². The van der Waals surface area contributed by atoms with Gasteiger partial charge in [-0.15, -0.1) is 0 Å². The average molecular weight is 333 g/mol. The van der Waals surface area contributed by atoms with Gasteiger partial charge in [0.15, 0.2) is 0 Å². The second-order valence-corrected chi connectivity index (χ2v) is 7.71. The van der Waals surface area contributed by atoms with Gasteiger partial charge in [-0.1, -0.05) is 12.8 Å². The van der Waals surface area contributed by atoms with Gasteiger partial charge in [-0.2, -0.15) is 0 Å². The highest BCUT2D eigenvalue weighted by Crippen LogP contribution is 2.20. The molecule has 0 spiro atoms. The molecule has 1 atom stereocenters. The molecule has 1 aromatic heterocycles. The van der Waals surface area contributed by atoms with Crippen LogP contribution in [-0.2, 0) is 13.1 Å². The van der Waals surface area contributed by atoms with Crippen LogP contribution in [0.1, 0.15) is 45.4 Å². The number of rotatable bonds is 4. The van der Waals surface area contributed by atoms with E-state index in [0.717, 1.165) is 38.3 Å². The average Bonchev–Trinajstić information content (AvgIpc) is 3.16. The van der Waals surface area contributed by atoms with Crippen molar-refractivity contribution in [3.63, 3.8) is 0 Å². The molecule has 6 nitrogen and oxygen atoms in total.